The third-order valence-corrected chi connectivity index (χ3v) is 7.59. The molecule has 29 heavy (non-hydrogen) atoms. The Labute approximate surface area is 215 Å². The maximum absolute atomic E-state index is 2.20. The number of hydrogen-bond donors (Lipinski definition) is 0. The SMILES string of the molecule is C[C]1[C](C)[C](C)[C](C)[C]1C.C[C]1[C](C)[C](C)[C](C)[C]1C.[Sc].[Te]Cc1ccccc1. The van der Waals surface area contributed by atoms with Crippen LogP contribution in [0, 0.1) is 59.2 Å². The Hall–Kier alpha value is 0.880. The summed E-state index contributed by atoms with van der Waals surface area (Å²) in [7, 11) is 0. The normalized spacial score (nSPS) is 22.2. The van der Waals surface area contributed by atoms with Crippen molar-refractivity contribution in [2.45, 2.75) is 73.7 Å². The van der Waals surface area contributed by atoms with Gasteiger partial charge < -0.3 is 0 Å². The average molecular weight is 534 g/mol. The van der Waals surface area contributed by atoms with Crippen molar-refractivity contribution in [1.29, 1.82) is 0 Å². The summed E-state index contributed by atoms with van der Waals surface area (Å²) in [4.78, 5) is 0. The van der Waals surface area contributed by atoms with Gasteiger partial charge in [0.2, 0.25) is 0 Å². The molecule has 0 N–H and O–H groups in total. The second-order valence-electron chi connectivity index (χ2n) is 7.88. The van der Waals surface area contributed by atoms with Gasteiger partial charge in [-0.15, -0.1) is 0 Å². The van der Waals surface area contributed by atoms with Gasteiger partial charge in [-0.05, 0) is 59.2 Å². The monoisotopic (exact) mass is 536 g/mol. The molecular formula is C27H37ScTe. The summed E-state index contributed by atoms with van der Waals surface area (Å²) in [5, 5.41) is 0. The van der Waals surface area contributed by atoms with E-state index in [4.69, 9.17) is 0 Å². The summed E-state index contributed by atoms with van der Waals surface area (Å²) in [6, 6.07) is 10.5. The predicted molar refractivity (Wildman–Crippen MR) is 125 cm³/mol. The third-order valence-electron chi connectivity index (χ3n) is 6.63. The molecule has 2 aliphatic rings. The van der Waals surface area contributed by atoms with E-state index in [0.717, 1.165) is 4.47 Å². The Morgan fingerprint density at radius 2 is 0.655 bits per heavy atom. The molecule has 0 heterocycles. The molecule has 0 nitrogen and oxygen atoms in total. The first-order valence-electron chi connectivity index (χ1n) is 10.1. The molecule has 1 aromatic carbocycles. The molecule has 0 saturated heterocycles. The molecule has 2 saturated carbocycles. The Morgan fingerprint density at radius 3 is 0.793 bits per heavy atom. The average Bonchev–Trinajstić information content (AvgIpc) is 2.99. The van der Waals surface area contributed by atoms with Gasteiger partial charge in [-0.2, -0.15) is 0 Å². The van der Waals surface area contributed by atoms with Gasteiger partial charge in [0.25, 0.3) is 0 Å². The van der Waals surface area contributed by atoms with Gasteiger partial charge in [-0.3, -0.25) is 0 Å². The summed E-state index contributed by atoms with van der Waals surface area (Å²) >= 11 is 2.10. The quantitative estimate of drug-likeness (QED) is 0.332. The van der Waals surface area contributed by atoms with Crippen LogP contribution in [0.5, 0.6) is 0 Å². The van der Waals surface area contributed by atoms with Crippen LogP contribution >= 0.6 is 0 Å². The van der Waals surface area contributed by atoms with Crippen molar-refractivity contribution >= 4 is 22.3 Å². The molecule has 0 aromatic heterocycles. The molecule has 0 unspecified atom stereocenters. The molecule has 154 valence electrons. The second-order valence-corrected chi connectivity index (χ2v) is 8.70. The van der Waals surface area contributed by atoms with Crippen molar-refractivity contribution in [3.05, 3.63) is 95.1 Å². The summed E-state index contributed by atoms with van der Waals surface area (Å²) in [6.45, 7) is 22.0. The van der Waals surface area contributed by atoms with Crippen LogP contribution in [0.2, 0.25) is 0 Å². The molecule has 3 rings (SSSR count). The van der Waals surface area contributed by atoms with E-state index in [-0.39, 0.29) is 25.8 Å². The van der Waals surface area contributed by atoms with E-state index in [0.29, 0.717) is 0 Å². The van der Waals surface area contributed by atoms with Gasteiger partial charge in [0.15, 0.2) is 0 Å². The zero-order chi connectivity index (χ0) is 21.6. The standard InChI is InChI=1S/2C10H15.C7H7Te.Sc/c2*1-6-7(2)9(4)10(5)8(6)3;8-6-7-4-2-1-3-5-7;/h2*1-5H3;1-5H,6H2;. The van der Waals surface area contributed by atoms with Crippen LogP contribution in [0.1, 0.15) is 74.8 Å². The van der Waals surface area contributed by atoms with Gasteiger partial charge in [-0.1, -0.05) is 69.2 Å². The molecule has 2 aliphatic carbocycles. The van der Waals surface area contributed by atoms with Crippen LogP contribution in [0.4, 0.5) is 0 Å². The molecule has 2 fully saturated rings. The topological polar surface area (TPSA) is 0 Å². The molecular weight excluding hydrogens is 497 g/mol. The van der Waals surface area contributed by atoms with Crippen molar-refractivity contribution in [3.8, 4) is 0 Å². The van der Waals surface area contributed by atoms with E-state index >= 15 is 0 Å². The van der Waals surface area contributed by atoms with E-state index < -0.39 is 0 Å². The predicted octanol–water partition coefficient (Wildman–Crippen LogP) is 7.30. The van der Waals surface area contributed by atoms with Crippen LogP contribution in [-0.4, -0.2) is 22.3 Å². The Balaban J connectivity index is 0.000000401. The van der Waals surface area contributed by atoms with Crippen molar-refractivity contribution in [2.24, 2.45) is 0 Å². The first-order valence-corrected chi connectivity index (χ1v) is 11.7. The molecule has 1 aromatic rings. The number of benzene rings is 1. The summed E-state index contributed by atoms with van der Waals surface area (Å²) in [5.41, 5.74) is 1.41. The first-order chi connectivity index (χ1) is 13.0. The zero-order valence-corrected chi connectivity index (χ0v) is 24.2. The maximum atomic E-state index is 2.20. The van der Waals surface area contributed by atoms with Crippen molar-refractivity contribution < 1.29 is 25.8 Å². The third kappa shape index (κ3) is 8.06. The summed E-state index contributed by atoms with van der Waals surface area (Å²) in [6.07, 6.45) is 0. The Kier molecular flexibility index (Phi) is 14.5. The van der Waals surface area contributed by atoms with E-state index in [2.05, 4.69) is 116 Å². The van der Waals surface area contributed by atoms with Gasteiger partial charge in [0.1, 0.15) is 0 Å². The Bertz CT molecular complexity index is 425. The molecule has 12 radical (unpaired) electrons. The number of hydrogen-bond acceptors (Lipinski definition) is 0. The number of rotatable bonds is 1. The van der Waals surface area contributed by atoms with Crippen LogP contribution < -0.4 is 0 Å². The van der Waals surface area contributed by atoms with E-state index in [1.165, 1.54) is 64.7 Å². The van der Waals surface area contributed by atoms with Gasteiger partial charge in [0, 0.05) is 25.8 Å². The molecule has 2 heteroatoms. The fourth-order valence-corrected chi connectivity index (χ4v) is 3.94. The van der Waals surface area contributed by atoms with Gasteiger partial charge in [-0.25, -0.2) is 0 Å². The second kappa shape index (κ2) is 14.1. The molecule has 0 spiro atoms. The minimum absolute atomic E-state index is 0. The molecule has 0 amide bonds. The molecule has 0 bridgehead atoms. The zero-order valence-electron chi connectivity index (χ0n) is 20.1. The first kappa shape index (κ1) is 29.9. The van der Waals surface area contributed by atoms with Gasteiger partial charge >= 0.3 is 62.7 Å². The van der Waals surface area contributed by atoms with Crippen LogP contribution in [-0.2, 0) is 30.3 Å². The summed E-state index contributed by atoms with van der Waals surface area (Å²) in [5.74, 6) is 14.7. The van der Waals surface area contributed by atoms with E-state index in [9.17, 15) is 0 Å². The van der Waals surface area contributed by atoms with E-state index in [1.54, 1.807) is 0 Å². The van der Waals surface area contributed by atoms with Crippen molar-refractivity contribution in [2.75, 3.05) is 0 Å². The fourth-order valence-electron chi connectivity index (χ4n) is 3.39. The van der Waals surface area contributed by atoms with Crippen LogP contribution in [0.15, 0.2) is 30.3 Å². The Morgan fingerprint density at radius 1 is 0.448 bits per heavy atom. The molecule has 0 atom stereocenters. The van der Waals surface area contributed by atoms with E-state index in [1.807, 2.05) is 6.07 Å². The van der Waals surface area contributed by atoms with Crippen molar-refractivity contribution in [1.82, 2.24) is 0 Å². The summed E-state index contributed by atoms with van der Waals surface area (Å²) < 4.78 is 1.15. The van der Waals surface area contributed by atoms with Gasteiger partial charge in [0.05, 0.1) is 0 Å². The van der Waals surface area contributed by atoms with Crippen molar-refractivity contribution in [3.63, 3.8) is 0 Å². The minimum atomic E-state index is 0. The van der Waals surface area contributed by atoms with Crippen LogP contribution in [0.3, 0.4) is 0 Å². The van der Waals surface area contributed by atoms with Crippen LogP contribution in [0.25, 0.3) is 0 Å². The molecule has 0 aliphatic heterocycles. The fraction of sp³-hybridized carbons (Fsp3) is 0.407.